The van der Waals surface area contributed by atoms with Crippen LogP contribution in [0.3, 0.4) is 0 Å². The van der Waals surface area contributed by atoms with Crippen molar-refractivity contribution in [2.24, 2.45) is 0 Å². The van der Waals surface area contributed by atoms with Crippen LogP contribution < -0.4 is 20.1 Å². The van der Waals surface area contributed by atoms with E-state index in [1.54, 1.807) is 14.2 Å². The summed E-state index contributed by atoms with van der Waals surface area (Å²) < 4.78 is 10.6. The highest BCUT2D eigenvalue weighted by atomic mass is 16.5. The van der Waals surface area contributed by atoms with Crippen molar-refractivity contribution in [2.75, 3.05) is 20.8 Å². The molecule has 0 aliphatic heterocycles. The summed E-state index contributed by atoms with van der Waals surface area (Å²) >= 11 is 0. The Labute approximate surface area is 165 Å². The normalized spacial score (nSPS) is 11.9. The number of rotatable bonds is 7. The van der Waals surface area contributed by atoms with E-state index in [2.05, 4.69) is 40.7 Å². The minimum atomic E-state index is -0.207. The molecule has 148 valence electrons. The molecular weight excluding hydrogens is 354 g/mol. The number of methoxy groups -OCH3 is 2. The molecule has 1 atom stereocenters. The molecule has 3 rings (SSSR count). The average molecular weight is 381 g/mol. The van der Waals surface area contributed by atoms with E-state index in [0.29, 0.717) is 18.0 Å². The first-order valence-electron chi connectivity index (χ1n) is 9.34. The number of hydrogen-bond acceptors (Lipinski definition) is 3. The Balaban J connectivity index is 1.55. The smallest absolute Gasteiger partial charge is 0.315 e. The molecule has 0 radical (unpaired) electrons. The lowest BCUT2D eigenvalue weighted by molar-refractivity contribution is 0.238. The molecule has 2 aromatic carbocycles. The maximum atomic E-state index is 12.3. The molecule has 28 heavy (non-hydrogen) atoms. The van der Waals surface area contributed by atoms with Crippen LogP contribution in [-0.4, -0.2) is 31.8 Å². The predicted octanol–water partition coefficient (Wildman–Crippen LogP) is 4.10. The summed E-state index contributed by atoms with van der Waals surface area (Å²) in [4.78, 5) is 15.6. The number of aromatic nitrogens is 1. The Kier molecular flexibility index (Phi) is 6.09. The van der Waals surface area contributed by atoms with Crippen LogP contribution in [0, 0.1) is 6.92 Å². The van der Waals surface area contributed by atoms with Crippen LogP contribution in [0.25, 0.3) is 10.9 Å². The molecule has 1 unspecified atom stereocenters. The number of ether oxygens (including phenoxy) is 2. The molecule has 0 saturated heterocycles. The number of carbonyl (C=O) groups excluding carboxylic acids is 1. The summed E-state index contributed by atoms with van der Waals surface area (Å²) in [6.45, 7) is 4.55. The van der Waals surface area contributed by atoms with Gasteiger partial charge in [-0.3, -0.25) is 0 Å². The number of aryl methyl sites for hydroxylation is 1. The van der Waals surface area contributed by atoms with Gasteiger partial charge < -0.3 is 25.1 Å². The number of benzene rings is 2. The van der Waals surface area contributed by atoms with Crippen molar-refractivity contribution >= 4 is 16.9 Å². The highest BCUT2D eigenvalue weighted by molar-refractivity contribution is 5.84. The molecule has 3 N–H and O–H groups in total. The van der Waals surface area contributed by atoms with E-state index in [-0.39, 0.29) is 12.1 Å². The summed E-state index contributed by atoms with van der Waals surface area (Å²) in [5, 5.41) is 7.08. The van der Waals surface area contributed by atoms with Crippen LogP contribution in [-0.2, 0) is 6.42 Å². The van der Waals surface area contributed by atoms with Gasteiger partial charge in [0.1, 0.15) is 11.5 Å². The van der Waals surface area contributed by atoms with Gasteiger partial charge in [-0.05, 0) is 49.6 Å². The first-order valence-corrected chi connectivity index (χ1v) is 9.34. The molecule has 6 heteroatoms. The average Bonchev–Trinajstić information content (AvgIpc) is 3.09. The molecule has 0 aliphatic rings. The van der Waals surface area contributed by atoms with Gasteiger partial charge in [0.05, 0.1) is 20.3 Å². The van der Waals surface area contributed by atoms with Gasteiger partial charge in [0.2, 0.25) is 0 Å². The van der Waals surface area contributed by atoms with Gasteiger partial charge in [0.25, 0.3) is 0 Å². The van der Waals surface area contributed by atoms with E-state index in [0.717, 1.165) is 17.5 Å². The van der Waals surface area contributed by atoms with Gasteiger partial charge in [-0.25, -0.2) is 4.79 Å². The van der Waals surface area contributed by atoms with Gasteiger partial charge in [-0.1, -0.05) is 12.1 Å². The maximum absolute atomic E-state index is 12.3. The quantitative estimate of drug-likeness (QED) is 0.577. The summed E-state index contributed by atoms with van der Waals surface area (Å²) in [5.74, 6) is 1.40. The first kappa shape index (κ1) is 19.6. The molecule has 0 fully saturated rings. The van der Waals surface area contributed by atoms with Crippen molar-refractivity contribution in [3.05, 3.63) is 59.3 Å². The fourth-order valence-corrected chi connectivity index (χ4v) is 3.32. The van der Waals surface area contributed by atoms with Gasteiger partial charge in [-0.15, -0.1) is 0 Å². The zero-order chi connectivity index (χ0) is 20.1. The number of fused-ring (bicyclic) bond motifs is 1. The fourth-order valence-electron chi connectivity index (χ4n) is 3.32. The van der Waals surface area contributed by atoms with Crippen LogP contribution in [0.2, 0.25) is 0 Å². The second-order valence-electron chi connectivity index (χ2n) is 6.84. The lowest BCUT2D eigenvalue weighted by Gasteiger charge is -2.18. The van der Waals surface area contributed by atoms with E-state index in [1.165, 1.54) is 16.5 Å². The standard InChI is InChI=1S/C22H27N3O3/c1-14-5-7-19-16(13-24-20(19)11-14)9-10-23-22(26)25-15(2)18-8-6-17(27-3)12-21(18)28-4/h5-8,11-13,15,24H,9-10H2,1-4H3,(H2,23,25,26). The number of aromatic amines is 1. The van der Waals surface area contributed by atoms with Crippen LogP contribution in [0.1, 0.15) is 29.7 Å². The minimum Gasteiger partial charge on any atom is -0.497 e. The Bertz CT molecular complexity index is 965. The van der Waals surface area contributed by atoms with E-state index in [1.807, 2.05) is 31.3 Å². The van der Waals surface area contributed by atoms with Gasteiger partial charge in [0, 0.05) is 35.3 Å². The molecule has 6 nitrogen and oxygen atoms in total. The number of urea groups is 1. The van der Waals surface area contributed by atoms with Gasteiger partial charge >= 0.3 is 6.03 Å². The lowest BCUT2D eigenvalue weighted by atomic mass is 10.1. The van der Waals surface area contributed by atoms with Crippen LogP contribution in [0.5, 0.6) is 11.5 Å². The maximum Gasteiger partial charge on any atom is 0.315 e. The summed E-state index contributed by atoms with van der Waals surface area (Å²) in [6.07, 6.45) is 2.77. The van der Waals surface area contributed by atoms with E-state index < -0.39 is 0 Å². The van der Waals surface area contributed by atoms with Crippen molar-refractivity contribution in [3.8, 4) is 11.5 Å². The third-order valence-electron chi connectivity index (χ3n) is 4.86. The highest BCUT2D eigenvalue weighted by Crippen LogP contribution is 2.29. The third kappa shape index (κ3) is 4.39. The largest absolute Gasteiger partial charge is 0.497 e. The number of amides is 2. The molecule has 1 aromatic heterocycles. The Morgan fingerprint density at radius 3 is 2.71 bits per heavy atom. The highest BCUT2D eigenvalue weighted by Gasteiger charge is 2.15. The number of carbonyl (C=O) groups is 1. The summed E-state index contributed by atoms with van der Waals surface area (Å²) in [5.41, 5.74) is 4.44. The number of H-pyrrole nitrogens is 1. The van der Waals surface area contributed by atoms with Crippen molar-refractivity contribution in [1.82, 2.24) is 15.6 Å². The van der Waals surface area contributed by atoms with Crippen molar-refractivity contribution in [1.29, 1.82) is 0 Å². The van der Waals surface area contributed by atoms with E-state index >= 15 is 0 Å². The predicted molar refractivity (Wildman–Crippen MR) is 111 cm³/mol. The molecule has 0 saturated carbocycles. The second-order valence-corrected chi connectivity index (χ2v) is 6.84. The van der Waals surface area contributed by atoms with Crippen LogP contribution in [0.15, 0.2) is 42.6 Å². The molecule has 0 bridgehead atoms. The molecule has 0 aliphatic carbocycles. The zero-order valence-electron chi connectivity index (χ0n) is 16.8. The zero-order valence-corrected chi connectivity index (χ0v) is 16.8. The van der Waals surface area contributed by atoms with Gasteiger partial charge in [-0.2, -0.15) is 0 Å². The van der Waals surface area contributed by atoms with Crippen LogP contribution >= 0.6 is 0 Å². The molecule has 1 heterocycles. The SMILES string of the molecule is COc1ccc(C(C)NC(=O)NCCc2c[nH]c3cc(C)ccc23)c(OC)c1. The van der Waals surface area contributed by atoms with Crippen molar-refractivity contribution in [2.45, 2.75) is 26.3 Å². The Morgan fingerprint density at radius 2 is 1.96 bits per heavy atom. The van der Waals surface area contributed by atoms with Crippen molar-refractivity contribution < 1.29 is 14.3 Å². The fraction of sp³-hybridized carbons (Fsp3) is 0.318. The topological polar surface area (TPSA) is 75.4 Å². The third-order valence-corrected chi connectivity index (χ3v) is 4.86. The number of hydrogen-bond donors (Lipinski definition) is 3. The molecular formula is C22H27N3O3. The van der Waals surface area contributed by atoms with Crippen molar-refractivity contribution in [3.63, 3.8) is 0 Å². The van der Waals surface area contributed by atoms with E-state index in [4.69, 9.17) is 9.47 Å². The first-order chi connectivity index (χ1) is 13.5. The second kappa shape index (κ2) is 8.69. The lowest BCUT2D eigenvalue weighted by Crippen LogP contribution is -2.38. The van der Waals surface area contributed by atoms with Gasteiger partial charge in [0.15, 0.2) is 0 Å². The molecule has 3 aromatic rings. The molecule has 2 amide bonds. The summed E-state index contributed by atoms with van der Waals surface area (Å²) in [6, 6.07) is 11.5. The van der Waals surface area contributed by atoms with E-state index in [9.17, 15) is 4.79 Å². The Morgan fingerprint density at radius 1 is 1.14 bits per heavy atom. The number of nitrogens with one attached hydrogen (secondary N) is 3. The summed E-state index contributed by atoms with van der Waals surface area (Å²) in [7, 11) is 3.21. The minimum absolute atomic E-state index is 0.197. The Hall–Kier alpha value is -3.15. The monoisotopic (exact) mass is 381 g/mol. The van der Waals surface area contributed by atoms with Crippen LogP contribution in [0.4, 0.5) is 4.79 Å². The molecule has 0 spiro atoms.